The van der Waals surface area contributed by atoms with Crippen molar-refractivity contribution in [3.63, 3.8) is 0 Å². The van der Waals surface area contributed by atoms with Crippen molar-refractivity contribution in [2.45, 2.75) is 71.4 Å². The minimum atomic E-state index is -1.20. The third kappa shape index (κ3) is 6.92. The maximum atomic E-state index is 13.5. The van der Waals surface area contributed by atoms with Gasteiger partial charge in [0, 0.05) is 12.5 Å². The van der Waals surface area contributed by atoms with Gasteiger partial charge in [-0.2, -0.15) is 0 Å². The zero-order valence-electron chi connectivity index (χ0n) is 22.9. The summed E-state index contributed by atoms with van der Waals surface area (Å²) in [4.78, 5) is 37.7. The molecular weight excluding hydrogens is 486 g/mol. The molecule has 1 aliphatic rings. The van der Waals surface area contributed by atoms with E-state index in [-0.39, 0.29) is 23.7 Å². The summed E-state index contributed by atoms with van der Waals surface area (Å²) in [5.74, 6) is -1.63. The topological polar surface area (TPSA) is 111 Å². The number of aliphatic carboxylic acids is 1. The van der Waals surface area contributed by atoms with Crippen molar-refractivity contribution in [1.82, 2.24) is 5.32 Å². The lowest BCUT2D eigenvalue weighted by Crippen LogP contribution is -2.46. The molecular formula is C30H39NO7. The lowest BCUT2D eigenvalue weighted by atomic mass is 9.83. The van der Waals surface area contributed by atoms with Crippen molar-refractivity contribution in [2.24, 2.45) is 5.92 Å². The number of carbonyl (C=O) groups excluding carboxylic acids is 2. The number of nitrogens with one attached hydrogen (secondary N) is 1. The van der Waals surface area contributed by atoms with Crippen LogP contribution in [0.4, 0.5) is 0 Å². The van der Waals surface area contributed by atoms with E-state index in [4.69, 9.17) is 14.2 Å². The van der Waals surface area contributed by atoms with Gasteiger partial charge in [0.1, 0.15) is 22.6 Å². The van der Waals surface area contributed by atoms with Gasteiger partial charge >= 0.3 is 5.97 Å². The van der Waals surface area contributed by atoms with Gasteiger partial charge < -0.3 is 24.6 Å². The Morgan fingerprint density at radius 2 is 1.55 bits per heavy atom. The first-order chi connectivity index (χ1) is 18.1. The van der Waals surface area contributed by atoms with Gasteiger partial charge in [-0.1, -0.05) is 37.3 Å². The van der Waals surface area contributed by atoms with Crippen LogP contribution in [0, 0.1) is 5.92 Å². The number of ketones is 1. The Bertz CT molecular complexity index is 1100. The van der Waals surface area contributed by atoms with Crippen LogP contribution in [0.2, 0.25) is 0 Å². The van der Waals surface area contributed by atoms with Gasteiger partial charge in [-0.15, -0.1) is 0 Å². The van der Waals surface area contributed by atoms with E-state index in [1.165, 1.54) is 6.92 Å². The van der Waals surface area contributed by atoms with Gasteiger partial charge in [-0.05, 0) is 76.1 Å². The smallest absolute Gasteiger partial charge is 0.329 e. The Hall–Kier alpha value is -3.39. The molecule has 2 aromatic rings. The highest BCUT2D eigenvalue weighted by atomic mass is 16.5. The van der Waals surface area contributed by atoms with Crippen molar-refractivity contribution < 1.29 is 33.7 Å². The third-order valence-corrected chi connectivity index (χ3v) is 7.09. The zero-order valence-corrected chi connectivity index (χ0v) is 22.9. The lowest BCUT2D eigenvalue weighted by Gasteiger charge is -2.27. The van der Waals surface area contributed by atoms with Crippen molar-refractivity contribution in [2.75, 3.05) is 19.8 Å². The normalized spacial score (nSPS) is 16.1. The summed E-state index contributed by atoms with van der Waals surface area (Å²) in [5.41, 5.74) is 0.970. The molecule has 0 aromatic heterocycles. The molecule has 38 heavy (non-hydrogen) atoms. The standard InChI is InChI=1S/C30H39NO7/c1-6-36-25-17-23(18-26(37-7-2)27(25)20(4)32)19(3)24(28(33)31-30(14-15-30)29(34)35)13-16-38-21(5)22-11-9-8-10-12-22/h8-12,17-19,21,24H,6-7,13-16H2,1-5H3,(H,31,33)(H,34,35)/t19-,21+,24?/m1/s1. The molecule has 0 heterocycles. The van der Waals surface area contributed by atoms with Crippen LogP contribution in [-0.4, -0.2) is 48.1 Å². The SMILES string of the molecule is CCOc1cc([C@@H](C)C(CCO[C@@H](C)c2ccccc2)C(=O)NC2(C(=O)O)CC2)cc(OCC)c1C(C)=O. The van der Waals surface area contributed by atoms with Gasteiger partial charge in [-0.3, -0.25) is 9.59 Å². The van der Waals surface area contributed by atoms with Crippen LogP contribution in [0.1, 0.15) is 87.4 Å². The summed E-state index contributed by atoms with van der Waals surface area (Å²) in [7, 11) is 0. The second kappa shape index (κ2) is 12.9. The first-order valence-corrected chi connectivity index (χ1v) is 13.3. The van der Waals surface area contributed by atoms with Crippen molar-refractivity contribution in [3.05, 3.63) is 59.2 Å². The molecule has 2 N–H and O–H groups in total. The minimum Gasteiger partial charge on any atom is -0.493 e. The fourth-order valence-corrected chi connectivity index (χ4v) is 4.64. The number of rotatable bonds is 15. The van der Waals surface area contributed by atoms with Crippen LogP contribution < -0.4 is 14.8 Å². The van der Waals surface area contributed by atoms with E-state index in [0.29, 0.717) is 56.1 Å². The Morgan fingerprint density at radius 1 is 0.974 bits per heavy atom. The first kappa shape index (κ1) is 29.2. The Balaban J connectivity index is 1.89. The molecule has 1 unspecified atom stereocenters. The molecule has 0 saturated heterocycles. The lowest BCUT2D eigenvalue weighted by molar-refractivity contribution is -0.144. The fraction of sp³-hybridized carbons (Fsp3) is 0.500. The molecule has 0 aliphatic heterocycles. The summed E-state index contributed by atoms with van der Waals surface area (Å²) in [6, 6.07) is 13.4. The van der Waals surface area contributed by atoms with Crippen molar-refractivity contribution in [1.29, 1.82) is 0 Å². The monoisotopic (exact) mass is 525 g/mol. The van der Waals surface area contributed by atoms with E-state index >= 15 is 0 Å². The predicted octanol–water partition coefficient (Wildman–Crippen LogP) is 5.31. The molecule has 8 nitrogen and oxygen atoms in total. The Kier molecular flexibility index (Phi) is 9.91. The quantitative estimate of drug-likeness (QED) is 0.303. The average Bonchev–Trinajstić information content (AvgIpc) is 3.67. The predicted molar refractivity (Wildman–Crippen MR) is 144 cm³/mol. The van der Waals surface area contributed by atoms with Gasteiger partial charge in [-0.25, -0.2) is 4.79 Å². The molecule has 8 heteroatoms. The van der Waals surface area contributed by atoms with Crippen LogP contribution in [-0.2, 0) is 14.3 Å². The summed E-state index contributed by atoms with van der Waals surface area (Å²) in [6.07, 6.45) is 1.04. The van der Waals surface area contributed by atoms with Gasteiger partial charge in [0.05, 0.1) is 19.3 Å². The maximum absolute atomic E-state index is 13.5. The summed E-state index contributed by atoms with van der Waals surface area (Å²) in [6.45, 7) is 10.0. The average molecular weight is 526 g/mol. The number of amides is 1. The van der Waals surface area contributed by atoms with Crippen LogP contribution in [0.3, 0.4) is 0 Å². The molecule has 206 valence electrons. The molecule has 3 rings (SSSR count). The zero-order chi connectivity index (χ0) is 27.9. The van der Waals surface area contributed by atoms with Crippen LogP contribution in [0.25, 0.3) is 0 Å². The number of Topliss-reactive ketones (excluding diaryl/α,β-unsaturated/α-hetero) is 1. The number of carboxylic acid groups (broad SMARTS) is 1. The van der Waals surface area contributed by atoms with Gasteiger partial charge in [0.15, 0.2) is 5.78 Å². The number of carbonyl (C=O) groups is 3. The molecule has 3 atom stereocenters. The summed E-state index contributed by atoms with van der Waals surface area (Å²) >= 11 is 0. The summed E-state index contributed by atoms with van der Waals surface area (Å²) < 4.78 is 17.7. The van der Waals surface area contributed by atoms with Crippen LogP contribution >= 0.6 is 0 Å². The van der Waals surface area contributed by atoms with E-state index in [9.17, 15) is 19.5 Å². The highest BCUT2D eigenvalue weighted by Gasteiger charge is 2.52. The molecule has 0 bridgehead atoms. The van der Waals surface area contributed by atoms with E-state index in [1.54, 1.807) is 12.1 Å². The van der Waals surface area contributed by atoms with Crippen LogP contribution in [0.5, 0.6) is 11.5 Å². The summed E-state index contributed by atoms with van der Waals surface area (Å²) in [5, 5.41) is 12.4. The van der Waals surface area contributed by atoms with Crippen LogP contribution in [0.15, 0.2) is 42.5 Å². The van der Waals surface area contributed by atoms with Crippen molar-refractivity contribution >= 4 is 17.7 Å². The fourth-order valence-electron chi connectivity index (χ4n) is 4.64. The molecule has 1 saturated carbocycles. The Labute approximate surface area is 224 Å². The highest BCUT2D eigenvalue weighted by molar-refractivity contribution is 6.00. The second-order valence-corrected chi connectivity index (χ2v) is 9.80. The van der Waals surface area contributed by atoms with E-state index < -0.39 is 17.4 Å². The van der Waals surface area contributed by atoms with Crippen molar-refractivity contribution in [3.8, 4) is 11.5 Å². The maximum Gasteiger partial charge on any atom is 0.329 e. The molecule has 2 aromatic carbocycles. The first-order valence-electron chi connectivity index (χ1n) is 13.3. The van der Waals surface area contributed by atoms with Gasteiger partial charge in [0.2, 0.25) is 5.91 Å². The highest BCUT2D eigenvalue weighted by Crippen LogP contribution is 2.40. The van der Waals surface area contributed by atoms with E-state index in [1.807, 2.05) is 58.0 Å². The number of benzene rings is 2. The van der Waals surface area contributed by atoms with E-state index in [2.05, 4.69) is 5.32 Å². The number of carboxylic acids is 1. The van der Waals surface area contributed by atoms with E-state index in [0.717, 1.165) is 11.1 Å². The molecule has 1 aliphatic carbocycles. The number of hydrogen-bond donors (Lipinski definition) is 2. The second-order valence-electron chi connectivity index (χ2n) is 9.80. The number of ether oxygens (including phenoxy) is 3. The minimum absolute atomic E-state index is 0.159. The largest absolute Gasteiger partial charge is 0.493 e. The molecule has 0 radical (unpaired) electrons. The Morgan fingerprint density at radius 3 is 2.03 bits per heavy atom. The molecule has 0 spiro atoms. The third-order valence-electron chi connectivity index (χ3n) is 7.09. The van der Waals surface area contributed by atoms with Gasteiger partial charge in [0.25, 0.3) is 0 Å². The molecule has 1 amide bonds. The molecule has 1 fully saturated rings. The number of hydrogen-bond acceptors (Lipinski definition) is 6.